The van der Waals surface area contributed by atoms with Crippen molar-refractivity contribution in [1.29, 1.82) is 0 Å². The normalized spacial score (nSPS) is 18.6. The summed E-state index contributed by atoms with van der Waals surface area (Å²) in [5, 5.41) is 13.9. The van der Waals surface area contributed by atoms with E-state index in [9.17, 15) is 5.11 Å². The number of rotatable bonds is 5. The van der Waals surface area contributed by atoms with Crippen LogP contribution in [0.4, 0.5) is 5.69 Å². The highest BCUT2D eigenvalue weighted by Crippen LogP contribution is 2.31. The Kier molecular flexibility index (Phi) is 4.21. The summed E-state index contributed by atoms with van der Waals surface area (Å²) in [5.41, 5.74) is 4.23. The number of aromatic nitrogens is 3. The summed E-state index contributed by atoms with van der Waals surface area (Å²) in [5.74, 6) is 0. The van der Waals surface area contributed by atoms with Gasteiger partial charge in [-0.1, -0.05) is 6.58 Å². The van der Waals surface area contributed by atoms with E-state index in [1.165, 1.54) is 6.08 Å². The average Bonchev–Trinajstić information content (AvgIpc) is 3.28. The summed E-state index contributed by atoms with van der Waals surface area (Å²) in [4.78, 5) is 14.2. The molecule has 3 aromatic heterocycles. The minimum atomic E-state index is -0.659. The van der Waals surface area contributed by atoms with Crippen LogP contribution in [0.15, 0.2) is 55.6 Å². The highest BCUT2D eigenvalue weighted by atomic mass is 16.3. The van der Waals surface area contributed by atoms with E-state index in [1.54, 1.807) is 12.4 Å². The second-order valence-corrected chi connectivity index (χ2v) is 6.31. The van der Waals surface area contributed by atoms with Gasteiger partial charge in [-0.05, 0) is 36.3 Å². The number of fused-ring (bicyclic) bond motifs is 1. The van der Waals surface area contributed by atoms with Gasteiger partial charge >= 0.3 is 0 Å². The van der Waals surface area contributed by atoms with Crippen molar-refractivity contribution in [3.05, 3.63) is 55.6 Å². The molecule has 25 heavy (non-hydrogen) atoms. The molecule has 3 N–H and O–H groups in total. The molecule has 0 radical (unpaired) electrons. The Hall–Kier alpha value is -2.70. The van der Waals surface area contributed by atoms with Crippen molar-refractivity contribution < 1.29 is 5.11 Å². The van der Waals surface area contributed by atoms with E-state index in [0.29, 0.717) is 0 Å². The monoisotopic (exact) mass is 335 g/mol. The Labute approximate surface area is 146 Å². The van der Waals surface area contributed by atoms with Crippen molar-refractivity contribution in [2.45, 2.75) is 18.7 Å². The Bertz CT molecular complexity index is 876. The summed E-state index contributed by atoms with van der Waals surface area (Å²) in [7, 11) is 0. The van der Waals surface area contributed by atoms with Crippen LogP contribution >= 0.6 is 0 Å². The predicted octanol–water partition coefficient (Wildman–Crippen LogP) is 2.30. The molecule has 0 saturated carbocycles. The van der Waals surface area contributed by atoms with Crippen LogP contribution in [0, 0.1) is 0 Å². The average molecular weight is 335 g/mol. The number of nitrogens with zero attached hydrogens (tertiary/aromatic N) is 3. The third-order valence-electron chi connectivity index (χ3n) is 4.69. The topological polar surface area (TPSA) is 77.1 Å². The minimum absolute atomic E-state index is 0.245. The van der Waals surface area contributed by atoms with Gasteiger partial charge in [0.05, 0.1) is 11.9 Å². The fourth-order valence-corrected chi connectivity index (χ4v) is 3.38. The van der Waals surface area contributed by atoms with Crippen LogP contribution in [-0.2, 0) is 0 Å². The smallest absolute Gasteiger partial charge is 0.138 e. The van der Waals surface area contributed by atoms with E-state index in [1.807, 2.05) is 24.5 Å². The molecule has 128 valence electrons. The maximum Gasteiger partial charge on any atom is 0.138 e. The van der Waals surface area contributed by atoms with E-state index in [0.717, 1.165) is 47.4 Å². The Balaban J connectivity index is 1.60. The van der Waals surface area contributed by atoms with Gasteiger partial charge in [-0.3, -0.25) is 10.3 Å². The third-order valence-corrected chi connectivity index (χ3v) is 4.69. The van der Waals surface area contributed by atoms with Crippen molar-refractivity contribution >= 4 is 16.7 Å². The van der Waals surface area contributed by atoms with Crippen LogP contribution in [0.2, 0.25) is 0 Å². The van der Waals surface area contributed by atoms with Gasteiger partial charge in [-0.25, -0.2) is 4.98 Å². The quantitative estimate of drug-likeness (QED) is 0.493. The Morgan fingerprint density at radius 1 is 1.40 bits per heavy atom. The van der Waals surface area contributed by atoms with E-state index in [4.69, 9.17) is 0 Å². The van der Waals surface area contributed by atoms with Gasteiger partial charge in [0.15, 0.2) is 0 Å². The van der Waals surface area contributed by atoms with Gasteiger partial charge in [0.2, 0.25) is 0 Å². The molecule has 3 aromatic rings. The summed E-state index contributed by atoms with van der Waals surface area (Å²) < 4.78 is 0. The summed E-state index contributed by atoms with van der Waals surface area (Å²) in [6, 6.07) is 6.43. The van der Waals surface area contributed by atoms with Crippen molar-refractivity contribution in [3.63, 3.8) is 0 Å². The van der Waals surface area contributed by atoms with Crippen molar-refractivity contribution in [3.8, 4) is 11.1 Å². The molecule has 6 nitrogen and oxygen atoms in total. The second kappa shape index (κ2) is 6.66. The SMILES string of the molecule is C=CC(O)N[C@@H]1CCN(c2cnc3[nH]cc(-c4ccncc4)c3c2)C1. The molecule has 6 heteroatoms. The number of H-pyrrole nitrogens is 1. The molecule has 0 spiro atoms. The van der Waals surface area contributed by atoms with Gasteiger partial charge in [0.25, 0.3) is 0 Å². The Morgan fingerprint density at radius 2 is 2.24 bits per heavy atom. The molecule has 4 rings (SSSR count). The molecule has 4 heterocycles. The molecule has 0 aliphatic carbocycles. The first kappa shape index (κ1) is 15.8. The molecule has 2 atom stereocenters. The van der Waals surface area contributed by atoms with E-state index >= 15 is 0 Å². The highest BCUT2D eigenvalue weighted by Gasteiger charge is 2.24. The molecular formula is C19H21N5O. The van der Waals surface area contributed by atoms with Gasteiger partial charge < -0.3 is 15.0 Å². The molecule has 0 bridgehead atoms. The van der Waals surface area contributed by atoms with Gasteiger partial charge in [-0.15, -0.1) is 0 Å². The molecule has 1 fully saturated rings. The molecule has 1 unspecified atom stereocenters. The molecule has 1 saturated heterocycles. The number of aliphatic hydroxyl groups is 1. The Morgan fingerprint density at radius 3 is 3.04 bits per heavy atom. The molecule has 1 aliphatic rings. The molecule has 0 amide bonds. The summed E-state index contributed by atoms with van der Waals surface area (Å²) >= 11 is 0. The number of anilines is 1. The van der Waals surface area contributed by atoms with Crippen molar-refractivity contribution in [2.24, 2.45) is 0 Å². The first-order valence-corrected chi connectivity index (χ1v) is 8.44. The zero-order valence-electron chi connectivity index (χ0n) is 13.9. The first-order chi connectivity index (χ1) is 12.2. The van der Waals surface area contributed by atoms with E-state index < -0.39 is 6.23 Å². The lowest BCUT2D eigenvalue weighted by molar-refractivity contribution is 0.171. The van der Waals surface area contributed by atoms with Crippen LogP contribution in [0.5, 0.6) is 0 Å². The van der Waals surface area contributed by atoms with Crippen LogP contribution < -0.4 is 10.2 Å². The van der Waals surface area contributed by atoms with E-state index in [2.05, 4.69) is 37.8 Å². The zero-order valence-corrected chi connectivity index (χ0v) is 13.9. The lowest BCUT2D eigenvalue weighted by Gasteiger charge is -2.20. The predicted molar refractivity (Wildman–Crippen MR) is 99.3 cm³/mol. The second-order valence-electron chi connectivity index (χ2n) is 6.31. The minimum Gasteiger partial charge on any atom is -0.375 e. The number of aromatic amines is 1. The lowest BCUT2D eigenvalue weighted by atomic mass is 10.1. The van der Waals surface area contributed by atoms with Gasteiger partial charge in [0.1, 0.15) is 11.9 Å². The van der Waals surface area contributed by atoms with Crippen LogP contribution in [0.3, 0.4) is 0 Å². The first-order valence-electron chi connectivity index (χ1n) is 8.44. The van der Waals surface area contributed by atoms with Crippen molar-refractivity contribution in [2.75, 3.05) is 18.0 Å². The number of hydrogen-bond donors (Lipinski definition) is 3. The van der Waals surface area contributed by atoms with Gasteiger partial charge in [-0.2, -0.15) is 0 Å². The molecule has 0 aromatic carbocycles. The summed E-state index contributed by atoms with van der Waals surface area (Å²) in [6.07, 6.45) is 9.32. The summed E-state index contributed by atoms with van der Waals surface area (Å²) in [6.45, 7) is 5.38. The van der Waals surface area contributed by atoms with Crippen molar-refractivity contribution in [1.82, 2.24) is 20.3 Å². The van der Waals surface area contributed by atoms with E-state index in [-0.39, 0.29) is 6.04 Å². The van der Waals surface area contributed by atoms with Crippen LogP contribution in [-0.4, -0.2) is 45.4 Å². The number of aliphatic hydroxyl groups excluding tert-OH is 1. The lowest BCUT2D eigenvalue weighted by Crippen LogP contribution is -2.38. The van der Waals surface area contributed by atoms with Crippen LogP contribution in [0.25, 0.3) is 22.2 Å². The molecule has 1 aliphatic heterocycles. The third kappa shape index (κ3) is 3.14. The zero-order chi connectivity index (χ0) is 17.2. The van der Waals surface area contributed by atoms with Crippen LogP contribution in [0.1, 0.15) is 6.42 Å². The molecular weight excluding hydrogens is 314 g/mol. The van der Waals surface area contributed by atoms with Gasteiger partial charge in [0, 0.05) is 48.7 Å². The fraction of sp³-hybridized carbons (Fsp3) is 0.263. The standard InChI is InChI=1S/C19H21N5O/c1-2-18(25)23-14-5-8-24(12-14)15-9-16-17(11-22-19(16)21-10-15)13-3-6-20-7-4-13/h2-4,6-7,9-11,14,18,23,25H,1,5,8,12H2,(H,21,22)/t14-,18?/m1/s1. The fourth-order valence-electron chi connectivity index (χ4n) is 3.38. The number of pyridine rings is 2. The largest absolute Gasteiger partial charge is 0.375 e. The number of nitrogens with one attached hydrogen (secondary N) is 2. The number of hydrogen-bond acceptors (Lipinski definition) is 5. The highest BCUT2D eigenvalue weighted by molar-refractivity contribution is 5.95. The maximum absolute atomic E-state index is 9.68. The maximum atomic E-state index is 9.68.